The number of phenolic OH excluding ortho intramolecular Hbond substituents is 1. The molecular formula is C21H34N2O3. The molecule has 2 N–H and O–H groups in total. The van der Waals surface area contributed by atoms with Gasteiger partial charge in [0.05, 0.1) is 6.54 Å². The molecule has 1 aromatic carbocycles. The van der Waals surface area contributed by atoms with Gasteiger partial charge in [0.1, 0.15) is 5.75 Å². The maximum Gasteiger partial charge on any atom is 0.241 e. The Kier molecular flexibility index (Phi) is 6.86. The lowest BCUT2D eigenvalue weighted by Gasteiger charge is -2.28. The van der Waals surface area contributed by atoms with Crippen molar-refractivity contribution in [1.82, 2.24) is 10.2 Å². The maximum absolute atomic E-state index is 12.0. The first-order chi connectivity index (χ1) is 11.7. The van der Waals surface area contributed by atoms with Crippen LogP contribution in [0.15, 0.2) is 12.1 Å². The number of phenols is 1. The standard InChI is InChI=1S/C21H34N2O3/c1-20(2,3)15-11-14(12-16(19(15)26)21(4,5)6)9-10-17(24)22-13-18(25)23(7)8/h11-12,26H,9-10,13H2,1-8H3,(H,22,24). The molecule has 0 spiro atoms. The van der Waals surface area contributed by atoms with Crippen LogP contribution in [0.4, 0.5) is 0 Å². The van der Waals surface area contributed by atoms with Crippen LogP contribution < -0.4 is 5.32 Å². The van der Waals surface area contributed by atoms with Crippen LogP contribution in [-0.4, -0.2) is 42.5 Å². The highest BCUT2D eigenvalue weighted by Gasteiger charge is 2.26. The molecule has 5 heteroatoms. The van der Waals surface area contributed by atoms with E-state index in [0.717, 1.165) is 16.7 Å². The quantitative estimate of drug-likeness (QED) is 0.845. The van der Waals surface area contributed by atoms with Gasteiger partial charge in [-0.15, -0.1) is 0 Å². The summed E-state index contributed by atoms with van der Waals surface area (Å²) in [7, 11) is 3.32. The highest BCUT2D eigenvalue weighted by Crippen LogP contribution is 2.39. The Balaban J connectivity index is 2.96. The Bertz CT molecular complexity index is 630. The Hall–Kier alpha value is -2.04. The number of carbonyl (C=O) groups is 2. The number of nitrogens with zero attached hydrogens (tertiary/aromatic N) is 1. The molecule has 0 atom stereocenters. The van der Waals surface area contributed by atoms with E-state index in [2.05, 4.69) is 46.9 Å². The van der Waals surface area contributed by atoms with E-state index >= 15 is 0 Å². The lowest BCUT2D eigenvalue weighted by molar-refractivity contribution is -0.130. The Morgan fingerprint density at radius 2 is 1.46 bits per heavy atom. The van der Waals surface area contributed by atoms with Crippen LogP contribution in [0.2, 0.25) is 0 Å². The topological polar surface area (TPSA) is 69.6 Å². The molecule has 0 saturated carbocycles. The number of benzene rings is 1. The molecule has 5 nitrogen and oxygen atoms in total. The third-order valence-corrected chi connectivity index (χ3v) is 4.36. The predicted octanol–water partition coefficient (Wildman–Crippen LogP) is 3.12. The van der Waals surface area contributed by atoms with E-state index in [4.69, 9.17) is 0 Å². The highest BCUT2D eigenvalue weighted by molar-refractivity contribution is 5.84. The summed E-state index contributed by atoms with van der Waals surface area (Å²) in [6.07, 6.45) is 0.868. The molecule has 0 radical (unpaired) electrons. The number of likely N-dealkylation sites (N-methyl/N-ethyl adjacent to an activating group) is 1. The largest absolute Gasteiger partial charge is 0.507 e. The summed E-state index contributed by atoms with van der Waals surface area (Å²) in [5.41, 5.74) is 2.42. The Labute approximate surface area is 157 Å². The third-order valence-electron chi connectivity index (χ3n) is 4.36. The van der Waals surface area contributed by atoms with Crippen molar-refractivity contribution < 1.29 is 14.7 Å². The van der Waals surface area contributed by atoms with Gasteiger partial charge >= 0.3 is 0 Å². The summed E-state index contributed by atoms with van der Waals surface area (Å²) >= 11 is 0. The van der Waals surface area contributed by atoms with E-state index in [9.17, 15) is 14.7 Å². The van der Waals surface area contributed by atoms with Gasteiger partial charge in [-0.2, -0.15) is 0 Å². The molecule has 0 saturated heterocycles. The van der Waals surface area contributed by atoms with Crippen LogP contribution in [0.1, 0.15) is 64.7 Å². The van der Waals surface area contributed by atoms with E-state index in [0.29, 0.717) is 18.6 Å². The van der Waals surface area contributed by atoms with Gasteiger partial charge in [-0.05, 0) is 33.9 Å². The molecule has 0 bridgehead atoms. The van der Waals surface area contributed by atoms with Crippen LogP contribution >= 0.6 is 0 Å². The van der Waals surface area contributed by atoms with Gasteiger partial charge in [0.2, 0.25) is 11.8 Å². The fourth-order valence-corrected chi connectivity index (χ4v) is 2.66. The second kappa shape index (κ2) is 8.11. The molecule has 0 fully saturated rings. The number of hydrogen-bond donors (Lipinski definition) is 2. The van der Waals surface area contributed by atoms with Gasteiger partial charge in [-0.1, -0.05) is 53.7 Å². The van der Waals surface area contributed by atoms with Crippen LogP contribution in [0.3, 0.4) is 0 Å². The zero-order valence-electron chi connectivity index (χ0n) is 17.5. The molecule has 0 unspecified atom stereocenters. The van der Waals surface area contributed by atoms with Crippen molar-refractivity contribution in [2.24, 2.45) is 0 Å². The molecule has 0 aliphatic carbocycles. The van der Waals surface area contributed by atoms with Gasteiger partial charge in [-0.3, -0.25) is 9.59 Å². The molecule has 1 rings (SSSR count). The maximum atomic E-state index is 12.0. The molecule has 146 valence electrons. The van der Waals surface area contributed by atoms with Crippen molar-refractivity contribution in [3.05, 3.63) is 28.8 Å². The molecule has 0 aliphatic rings. The molecule has 0 aromatic heterocycles. The number of aryl methyl sites for hydroxylation is 1. The first-order valence-corrected chi connectivity index (χ1v) is 9.07. The zero-order chi connectivity index (χ0) is 20.3. The molecule has 0 heterocycles. The zero-order valence-corrected chi connectivity index (χ0v) is 17.5. The fraction of sp³-hybridized carbons (Fsp3) is 0.619. The highest BCUT2D eigenvalue weighted by atomic mass is 16.3. The summed E-state index contributed by atoms with van der Waals surface area (Å²) in [4.78, 5) is 25.0. The number of nitrogens with one attached hydrogen (secondary N) is 1. The van der Waals surface area contributed by atoms with Gasteiger partial charge in [0, 0.05) is 20.5 Å². The lowest BCUT2D eigenvalue weighted by Crippen LogP contribution is -2.36. The van der Waals surface area contributed by atoms with Gasteiger partial charge in [0.25, 0.3) is 0 Å². The van der Waals surface area contributed by atoms with Crippen molar-refractivity contribution >= 4 is 11.8 Å². The number of hydrogen-bond acceptors (Lipinski definition) is 3. The SMILES string of the molecule is CN(C)C(=O)CNC(=O)CCc1cc(C(C)(C)C)c(O)c(C(C)(C)C)c1. The van der Waals surface area contributed by atoms with Crippen molar-refractivity contribution in [3.8, 4) is 5.75 Å². The number of carbonyl (C=O) groups excluding carboxylic acids is 2. The average molecular weight is 363 g/mol. The fourth-order valence-electron chi connectivity index (χ4n) is 2.66. The summed E-state index contributed by atoms with van der Waals surface area (Å²) < 4.78 is 0. The predicted molar refractivity (Wildman–Crippen MR) is 106 cm³/mol. The number of rotatable bonds is 5. The summed E-state index contributed by atoms with van der Waals surface area (Å²) in [5.74, 6) is 0.0608. The van der Waals surface area contributed by atoms with Crippen molar-refractivity contribution in [2.45, 2.75) is 65.2 Å². The minimum atomic E-state index is -0.194. The van der Waals surface area contributed by atoms with Crippen molar-refractivity contribution in [3.63, 3.8) is 0 Å². The van der Waals surface area contributed by atoms with Gasteiger partial charge < -0.3 is 15.3 Å². The number of amides is 2. The third kappa shape index (κ3) is 6.04. The van der Waals surface area contributed by atoms with E-state index in [-0.39, 0.29) is 29.2 Å². The van der Waals surface area contributed by atoms with Crippen LogP contribution in [0.5, 0.6) is 5.75 Å². The van der Waals surface area contributed by atoms with Crippen LogP contribution in [0, 0.1) is 0 Å². The normalized spacial score (nSPS) is 12.0. The second-order valence-corrected chi connectivity index (χ2v) is 9.10. The summed E-state index contributed by atoms with van der Waals surface area (Å²) in [6, 6.07) is 3.98. The summed E-state index contributed by atoms with van der Waals surface area (Å²) in [5, 5.41) is 13.4. The lowest BCUT2D eigenvalue weighted by atomic mass is 9.78. The molecular weight excluding hydrogens is 328 g/mol. The second-order valence-electron chi connectivity index (χ2n) is 9.10. The first kappa shape index (κ1) is 22.0. The molecule has 0 aliphatic heterocycles. The van der Waals surface area contributed by atoms with Crippen LogP contribution in [0.25, 0.3) is 0 Å². The van der Waals surface area contributed by atoms with E-state index in [1.54, 1.807) is 14.1 Å². The van der Waals surface area contributed by atoms with Gasteiger partial charge in [-0.25, -0.2) is 0 Å². The van der Waals surface area contributed by atoms with Crippen LogP contribution in [-0.2, 0) is 26.8 Å². The molecule has 2 amide bonds. The van der Waals surface area contributed by atoms with Gasteiger partial charge in [0.15, 0.2) is 0 Å². The number of aromatic hydroxyl groups is 1. The first-order valence-electron chi connectivity index (χ1n) is 9.07. The Morgan fingerprint density at radius 3 is 1.85 bits per heavy atom. The molecule has 1 aromatic rings. The van der Waals surface area contributed by atoms with Crippen molar-refractivity contribution in [1.29, 1.82) is 0 Å². The van der Waals surface area contributed by atoms with E-state index in [1.807, 2.05) is 12.1 Å². The summed E-state index contributed by atoms with van der Waals surface area (Å²) in [6.45, 7) is 12.4. The van der Waals surface area contributed by atoms with Crippen molar-refractivity contribution in [2.75, 3.05) is 20.6 Å². The molecule has 26 heavy (non-hydrogen) atoms. The Morgan fingerprint density at radius 1 is 1.00 bits per heavy atom. The van der Waals surface area contributed by atoms with E-state index in [1.165, 1.54) is 4.90 Å². The average Bonchev–Trinajstić information content (AvgIpc) is 2.48. The monoisotopic (exact) mass is 362 g/mol. The minimum absolute atomic E-state index is 0.0158. The smallest absolute Gasteiger partial charge is 0.241 e. The van der Waals surface area contributed by atoms with E-state index < -0.39 is 0 Å². The minimum Gasteiger partial charge on any atom is -0.507 e.